The van der Waals surface area contributed by atoms with Crippen LogP contribution in [-0.4, -0.2) is 0 Å². The molecule has 1 heteroatoms. The van der Waals surface area contributed by atoms with E-state index in [1.165, 1.54) is 63.4 Å². The van der Waals surface area contributed by atoms with Gasteiger partial charge in [-0.05, 0) is 54.7 Å². The normalized spacial score (nSPS) is 22.5. The molecule has 0 aliphatic heterocycles. The van der Waals surface area contributed by atoms with E-state index in [9.17, 15) is 0 Å². The van der Waals surface area contributed by atoms with Gasteiger partial charge in [0.15, 0.2) is 0 Å². The summed E-state index contributed by atoms with van der Waals surface area (Å²) in [5.74, 6) is 0.854. The van der Waals surface area contributed by atoms with Crippen LogP contribution < -0.4 is 0 Å². The van der Waals surface area contributed by atoms with Crippen molar-refractivity contribution in [3.05, 3.63) is 34.9 Å². The van der Waals surface area contributed by atoms with E-state index in [0.29, 0.717) is 4.83 Å². The largest absolute Gasteiger partial charge is 0.0836 e. The van der Waals surface area contributed by atoms with Crippen molar-refractivity contribution in [2.45, 2.75) is 62.6 Å². The lowest BCUT2D eigenvalue weighted by Crippen LogP contribution is -2.07. The van der Waals surface area contributed by atoms with Crippen molar-refractivity contribution in [2.75, 3.05) is 0 Å². The molecule has 1 aromatic rings. The summed E-state index contributed by atoms with van der Waals surface area (Å²) in [5, 5.41) is 0. The molecule has 1 atom stereocenters. The Bertz CT molecular complexity index is 402. The second kappa shape index (κ2) is 5.77. The van der Waals surface area contributed by atoms with Crippen LogP contribution in [0.25, 0.3) is 0 Å². The number of hydrogen-bond acceptors (Lipinski definition) is 0. The number of fused-ring (bicyclic) bond motifs is 1. The minimum absolute atomic E-state index is 0.585. The summed E-state index contributed by atoms with van der Waals surface area (Å²) in [6.45, 7) is 0. The molecule has 0 aromatic heterocycles. The maximum absolute atomic E-state index is 3.99. The molecule has 0 heterocycles. The fourth-order valence-electron chi connectivity index (χ4n) is 3.64. The topological polar surface area (TPSA) is 0 Å². The highest BCUT2D eigenvalue weighted by molar-refractivity contribution is 9.09. The maximum atomic E-state index is 3.99. The van der Waals surface area contributed by atoms with E-state index in [1.807, 2.05) is 0 Å². The van der Waals surface area contributed by atoms with Crippen molar-refractivity contribution in [2.24, 2.45) is 5.92 Å². The Morgan fingerprint density at radius 3 is 2.39 bits per heavy atom. The van der Waals surface area contributed by atoms with Crippen molar-refractivity contribution >= 4 is 15.9 Å². The lowest BCUT2D eigenvalue weighted by molar-refractivity contribution is 0.454. The molecule has 2 aliphatic carbocycles. The van der Waals surface area contributed by atoms with Crippen molar-refractivity contribution in [1.29, 1.82) is 0 Å². The summed E-state index contributed by atoms with van der Waals surface area (Å²) < 4.78 is 0. The molecule has 0 nitrogen and oxygen atoms in total. The van der Waals surface area contributed by atoms with Crippen molar-refractivity contribution in [3.63, 3.8) is 0 Å². The standard InChI is InChI=1S/C17H23Br/c18-17(14-6-3-1-2-4-7-14)16-11-10-13-8-5-9-15(13)12-16/h10-12,14,17H,1-9H2. The molecule has 98 valence electrons. The molecule has 1 aromatic carbocycles. The number of aryl methyl sites for hydroxylation is 2. The average molecular weight is 307 g/mol. The lowest BCUT2D eigenvalue weighted by Gasteiger charge is -2.22. The van der Waals surface area contributed by atoms with Gasteiger partial charge < -0.3 is 0 Å². The predicted molar refractivity (Wildman–Crippen MR) is 81.3 cm³/mol. The van der Waals surface area contributed by atoms with Gasteiger partial charge >= 0.3 is 0 Å². The number of hydrogen-bond donors (Lipinski definition) is 0. The van der Waals surface area contributed by atoms with E-state index in [-0.39, 0.29) is 0 Å². The monoisotopic (exact) mass is 306 g/mol. The second-order valence-corrected chi connectivity index (χ2v) is 7.02. The van der Waals surface area contributed by atoms with E-state index in [2.05, 4.69) is 34.1 Å². The molecule has 1 saturated carbocycles. The molecule has 1 unspecified atom stereocenters. The summed E-state index contributed by atoms with van der Waals surface area (Å²) in [4.78, 5) is 0.585. The Morgan fingerprint density at radius 1 is 0.889 bits per heavy atom. The van der Waals surface area contributed by atoms with Gasteiger partial charge in [-0.3, -0.25) is 0 Å². The van der Waals surface area contributed by atoms with Crippen LogP contribution >= 0.6 is 15.9 Å². The van der Waals surface area contributed by atoms with Crippen LogP contribution in [0, 0.1) is 5.92 Å². The lowest BCUT2D eigenvalue weighted by atomic mass is 9.91. The Labute approximate surface area is 119 Å². The first kappa shape index (κ1) is 12.7. The average Bonchev–Trinajstić information content (AvgIpc) is 2.69. The fraction of sp³-hybridized carbons (Fsp3) is 0.647. The van der Waals surface area contributed by atoms with Crippen molar-refractivity contribution < 1.29 is 0 Å². The maximum Gasteiger partial charge on any atom is 0.0423 e. The molecule has 3 rings (SSSR count). The van der Waals surface area contributed by atoms with E-state index in [0.717, 1.165) is 5.92 Å². The highest BCUT2D eigenvalue weighted by Crippen LogP contribution is 2.40. The molecule has 0 bridgehead atoms. The number of halogens is 1. The second-order valence-electron chi connectivity index (χ2n) is 6.04. The summed E-state index contributed by atoms with van der Waals surface area (Å²) in [7, 11) is 0. The molecular formula is C17H23Br. The quantitative estimate of drug-likeness (QED) is 0.494. The van der Waals surface area contributed by atoms with Gasteiger partial charge in [-0.2, -0.15) is 0 Å². The smallest absolute Gasteiger partial charge is 0.0423 e. The minimum atomic E-state index is 0.585. The molecule has 0 spiro atoms. The number of rotatable bonds is 2. The van der Waals surface area contributed by atoms with Crippen LogP contribution in [0.2, 0.25) is 0 Å². The summed E-state index contributed by atoms with van der Waals surface area (Å²) in [6.07, 6.45) is 12.5. The molecule has 0 N–H and O–H groups in total. The number of benzene rings is 1. The number of alkyl halides is 1. The van der Waals surface area contributed by atoms with Crippen LogP contribution in [0.5, 0.6) is 0 Å². The zero-order chi connectivity index (χ0) is 12.4. The molecule has 0 amide bonds. The Kier molecular flexibility index (Phi) is 4.08. The van der Waals surface area contributed by atoms with Crippen LogP contribution in [0.15, 0.2) is 18.2 Å². The van der Waals surface area contributed by atoms with Gasteiger partial charge in [0.2, 0.25) is 0 Å². The molecule has 1 fully saturated rings. The SMILES string of the molecule is BrC(c1ccc2c(c1)CCC2)C1CCCCCC1. The van der Waals surface area contributed by atoms with E-state index < -0.39 is 0 Å². The van der Waals surface area contributed by atoms with E-state index in [4.69, 9.17) is 0 Å². The molecule has 0 saturated heterocycles. The molecule has 2 aliphatic rings. The van der Waals surface area contributed by atoms with Gasteiger partial charge in [-0.15, -0.1) is 0 Å². The van der Waals surface area contributed by atoms with Gasteiger partial charge in [0.1, 0.15) is 0 Å². The first-order valence-electron chi connectivity index (χ1n) is 7.60. The first-order valence-corrected chi connectivity index (χ1v) is 8.52. The molecule has 18 heavy (non-hydrogen) atoms. The predicted octanol–water partition coefficient (Wildman–Crippen LogP) is 5.58. The van der Waals surface area contributed by atoms with E-state index in [1.54, 1.807) is 11.1 Å². The third-order valence-corrected chi connectivity index (χ3v) is 6.03. The Hall–Kier alpha value is -0.300. The van der Waals surface area contributed by atoms with Crippen LogP contribution in [0.3, 0.4) is 0 Å². The highest BCUT2D eigenvalue weighted by Gasteiger charge is 2.23. The van der Waals surface area contributed by atoms with Crippen molar-refractivity contribution in [3.8, 4) is 0 Å². The van der Waals surface area contributed by atoms with Crippen LogP contribution in [0.1, 0.15) is 66.5 Å². The molecule has 0 radical (unpaired) electrons. The summed E-state index contributed by atoms with van der Waals surface area (Å²) in [5.41, 5.74) is 4.74. The minimum Gasteiger partial charge on any atom is -0.0836 e. The fourth-order valence-corrected chi connectivity index (χ4v) is 4.45. The Balaban J connectivity index is 1.76. The highest BCUT2D eigenvalue weighted by atomic mass is 79.9. The molecular weight excluding hydrogens is 284 g/mol. The zero-order valence-electron chi connectivity index (χ0n) is 11.1. The summed E-state index contributed by atoms with van der Waals surface area (Å²) in [6, 6.07) is 7.23. The van der Waals surface area contributed by atoms with Crippen LogP contribution in [0.4, 0.5) is 0 Å². The third kappa shape index (κ3) is 2.66. The Morgan fingerprint density at radius 2 is 1.61 bits per heavy atom. The third-order valence-electron chi connectivity index (χ3n) is 4.75. The van der Waals surface area contributed by atoms with Gasteiger partial charge in [-0.25, -0.2) is 0 Å². The van der Waals surface area contributed by atoms with Gasteiger partial charge in [0.05, 0.1) is 0 Å². The van der Waals surface area contributed by atoms with Gasteiger partial charge in [-0.1, -0.05) is 59.8 Å². The van der Waals surface area contributed by atoms with Gasteiger partial charge in [0.25, 0.3) is 0 Å². The van der Waals surface area contributed by atoms with E-state index >= 15 is 0 Å². The first-order chi connectivity index (χ1) is 8.84. The zero-order valence-corrected chi connectivity index (χ0v) is 12.7. The van der Waals surface area contributed by atoms with Gasteiger partial charge in [0, 0.05) is 4.83 Å². The van der Waals surface area contributed by atoms with Crippen LogP contribution in [-0.2, 0) is 12.8 Å². The van der Waals surface area contributed by atoms with Crippen molar-refractivity contribution in [1.82, 2.24) is 0 Å². The summed E-state index contributed by atoms with van der Waals surface area (Å²) >= 11 is 3.99.